The van der Waals surface area contributed by atoms with E-state index in [1.165, 1.54) is 0 Å². The zero-order chi connectivity index (χ0) is 14.5. The minimum Gasteiger partial charge on any atom is -0.496 e. The van der Waals surface area contributed by atoms with E-state index in [9.17, 15) is 9.90 Å². The summed E-state index contributed by atoms with van der Waals surface area (Å²) in [5.41, 5.74) is 0.604. The number of rotatable bonds is 4. The Kier molecular flexibility index (Phi) is 5.01. The first-order chi connectivity index (χ1) is 9.63. The number of likely N-dealkylation sites (tertiary alicyclic amines) is 1. The number of amides is 1. The highest BCUT2D eigenvalue weighted by molar-refractivity contribution is 5.97. The summed E-state index contributed by atoms with van der Waals surface area (Å²) in [7, 11) is 1.58. The van der Waals surface area contributed by atoms with Crippen molar-refractivity contribution in [3.05, 3.63) is 29.8 Å². The number of piperidine rings is 1. The average molecular weight is 277 g/mol. The van der Waals surface area contributed by atoms with Crippen molar-refractivity contribution in [2.75, 3.05) is 13.7 Å². The minimum atomic E-state index is -0.383. The molecule has 2 atom stereocenters. The van der Waals surface area contributed by atoms with Gasteiger partial charge in [0.25, 0.3) is 5.91 Å². The van der Waals surface area contributed by atoms with Gasteiger partial charge >= 0.3 is 0 Å². The Labute approximate surface area is 120 Å². The van der Waals surface area contributed by atoms with Gasteiger partial charge < -0.3 is 14.7 Å². The SMILES string of the molecule is COc1ccccc1C(=O)N1CCCCC1CC(C)O. The van der Waals surface area contributed by atoms with Gasteiger partial charge in [-0.1, -0.05) is 12.1 Å². The molecule has 1 fully saturated rings. The van der Waals surface area contributed by atoms with Crippen molar-refractivity contribution in [2.45, 2.75) is 44.8 Å². The summed E-state index contributed by atoms with van der Waals surface area (Å²) in [6.07, 6.45) is 3.36. The molecule has 20 heavy (non-hydrogen) atoms. The number of benzene rings is 1. The van der Waals surface area contributed by atoms with Gasteiger partial charge in [-0.15, -0.1) is 0 Å². The lowest BCUT2D eigenvalue weighted by Gasteiger charge is -2.36. The van der Waals surface area contributed by atoms with Crippen molar-refractivity contribution in [2.24, 2.45) is 0 Å². The molecule has 4 heteroatoms. The predicted molar refractivity (Wildman–Crippen MR) is 78.0 cm³/mol. The molecule has 0 bridgehead atoms. The van der Waals surface area contributed by atoms with Gasteiger partial charge in [-0.25, -0.2) is 0 Å². The molecule has 0 spiro atoms. The fourth-order valence-corrected chi connectivity index (χ4v) is 2.88. The lowest BCUT2D eigenvalue weighted by molar-refractivity contribution is 0.0512. The molecule has 0 aromatic heterocycles. The number of para-hydroxylation sites is 1. The van der Waals surface area contributed by atoms with Crippen LogP contribution in [0.4, 0.5) is 0 Å². The third-order valence-electron chi connectivity index (χ3n) is 3.84. The molecule has 1 heterocycles. The number of carbonyl (C=O) groups is 1. The van der Waals surface area contributed by atoms with E-state index in [0.29, 0.717) is 17.7 Å². The second-order valence-electron chi connectivity index (χ2n) is 5.43. The van der Waals surface area contributed by atoms with Crippen LogP contribution in [0.25, 0.3) is 0 Å². The molecule has 1 amide bonds. The maximum Gasteiger partial charge on any atom is 0.257 e. The lowest BCUT2D eigenvalue weighted by Crippen LogP contribution is -2.45. The van der Waals surface area contributed by atoms with Gasteiger partial charge in [0.2, 0.25) is 0 Å². The maximum absolute atomic E-state index is 12.7. The van der Waals surface area contributed by atoms with E-state index in [0.717, 1.165) is 25.8 Å². The summed E-state index contributed by atoms with van der Waals surface area (Å²) in [5.74, 6) is 0.617. The molecule has 4 nitrogen and oxygen atoms in total. The second kappa shape index (κ2) is 6.75. The smallest absolute Gasteiger partial charge is 0.257 e. The first-order valence-electron chi connectivity index (χ1n) is 7.25. The molecule has 110 valence electrons. The van der Waals surface area contributed by atoms with Crippen LogP contribution in [-0.2, 0) is 0 Å². The van der Waals surface area contributed by atoms with E-state index >= 15 is 0 Å². The normalized spacial score (nSPS) is 20.6. The summed E-state index contributed by atoms with van der Waals surface area (Å²) < 4.78 is 5.28. The first-order valence-corrected chi connectivity index (χ1v) is 7.25. The van der Waals surface area contributed by atoms with Crippen molar-refractivity contribution in [1.29, 1.82) is 0 Å². The van der Waals surface area contributed by atoms with Crippen LogP contribution < -0.4 is 4.74 Å². The number of methoxy groups -OCH3 is 1. The third-order valence-corrected chi connectivity index (χ3v) is 3.84. The maximum atomic E-state index is 12.7. The molecule has 1 aromatic rings. The highest BCUT2D eigenvalue weighted by Gasteiger charge is 2.29. The zero-order valence-electron chi connectivity index (χ0n) is 12.2. The van der Waals surface area contributed by atoms with Crippen molar-refractivity contribution in [3.8, 4) is 5.75 Å². The van der Waals surface area contributed by atoms with Crippen LogP contribution in [0.1, 0.15) is 43.0 Å². The zero-order valence-corrected chi connectivity index (χ0v) is 12.2. The molecule has 1 aromatic carbocycles. The molecular formula is C16H23NO3. The Morgan fingerprint density at radius 3 is 2.90 bits per heavy atom. The monoisotopic (exact) mass is 277 g/mol. The topological polar surface area (TPSA) is 49.8 Å². The summed E-state index contributed by atoms with van der Waals surface area (Å²) in [6, 6.07) is 7.44. The van der Waals surface area contributed by atoms with E-state index in [1.54, 1.807) is 26.2 Å². The van der Waals surface area contributed by atoms with Crippen LogP contribution in [0, 0.1) is 0 Å². The number of hydrogen-bond donors (Lipinski definition) is 1. The first kappa shape index (κ1) is 14.9. The lowest BCUT2D eigenvalue weighted by atomic mass is 9.96. The van der Waals surface area contributed by atoms with Crippen LogP contribution in [-0.4, -0.2) is 41.7 Å². The average Bonchev–Trinajstić information content (AvgIpc) is 2.46. The summed E-state index contributed by atoms with van der Waals surface area (Å²) in [5, 5.41) is 9.61. The number of aliphatic hydroxyl groups is 1. The number of carbonyl (C=O) groups excluding carboxylic acids is 1. The van der Waals surface area contributed by atoms with Crippen LogP contribution in [0.3, 0.4) is 0 Å². The molecule has 1 aliphatic rings. The highest BCUT2D eigenvalue weighted by Crippen LogP contribution is 2.26. The van der Waals surface area contributed by atoms with E-state index in [2.05, 4.69) is 0 Å². The van der Waals surface area contributed by atoms with E-state index in [-0.39, 0.29) is 18.1 Å². The van der Waals surface area contributed by atoms with Gasteiger partial charge in [0.15, 0.2) is 0 Å². The molecular weight excluding hydrogens is 254 g/mol. The van der Waals surface area contributed by atoms with Gasteiger partial charge in [0.05, 0.1) is 18.8 Å². The van der Waals surface area contributed by atoms with Gasteiger partial charge in [-0.2, -0.15) is 0 Å². The Bertz CT molecular complexity index is 459. The van der Waals surface area contributed by atoms with Crippen LogP contribution in [0.15, 0.2) is 24.3 Å². The fraction of sp³-hybridized carbons (Fsp3) is 0.562. The van der Waals surface area contributed by atoms with Crippen molar-refractivity contribution < 1.29 is 14.6 Å². The Hall–Kier alpha value is -1.55. The van der Waals surface area contributed by atoms with Gasteiger partial charge in [-0.05, 0) is 44.7 Å². The molecule has 1 saturated heterocycles. The Morgan fingerprint density at radius 1 is 1.45 bits per heavy atom. The minimum absolute atomic E-state index is 0.00722. The van der Waals surface area contributed by atoms with Gasteiger partial charge in [-0.3, -0.25) is 4.79 Å². The predicted octanol–water partition coefficient (Wildman–Crippen LogP) is 2.46. The summed E-state index contributed by atoms with van der Waals surface area (Å²) in [6.45, 7) is 2.54. The quantitative estimate of drug-likeness (QED) is 0.919. The van der Waals surface area contributed by atoms with E-state index in [4.69, 9.17) is 4.74 Å². The number of aliphatic hydroxyl groups excluding tert-OH is 1. The van der Waals surface area contributed by atoms with Crippen LogP contribution in [0.2, 0.25) is 0 Å². The number of hydrogen-bond acceptors (Lipinski definition) is 3. The van der Waals surface area contributed by atoms with Gasteiger partial charge in [0, 0.05) is 12.6 Å². The molecule has 0 saturated carbocycles. The molecule has 2 unspecified atom stereocenters. The molecule has 1 N–H and O–H groups in total. The van der Waals surface area contributed by atoms with E-state index in [1.807, 2.05) is 17.0 Å². The fourth-order valence-electron chi connectivity index (χ4n) is 2.88. The molecule has 0 radical (unpaired) electrons. The Morgan fingerprint density at radius 2 is 2.20 bits per heavy atom. The molecule has 0 aliphatic carbocycles. The third kappa shape index (κ3) is 3.31. The molecule has 2 rings (SSSR count). The number of ether oxygens (including phenoxy) is 1. The van der Waals surface area contributed by atoms with Crippen LogP contribution >= 0.6 is 0 Å². The van der Waals surface area contributed by atoms with Crippen molar-refractivity contribution in [3.63, 3.8) is 0 Å². The standard InChI is InChI=1S/C16H23NO3/c1-12(18)11-13-7-5-6-10-17(13)16(19)14-8-3-4-9-15(14)20-2/h3-4,8-9,12-13,18H,5-7,10-11H2,1-2H3. The highest BCUT2D eigenvalue weighted by atomic mass is 16.5. The summed E-state index contributed by atoms with van der Waals surface area (Å²) >= 11 is 0. The second-order valence-corrected chi connectivity index (χ2v) is 5.43. The number of nitrogens with zero attached hydrogens (tertiary/aromatic N) is 1. The largest absolute Gasteiger partial charge is 0.496 e. The Balaban J connectivity index is 2.20. The van der Waals surface area contributed by atoms with E-state index < -0.39 is 0 Å². The van der Waals surface area contributed by atoms with Gasteiger partial charge in [0.1, 0.15) is 5.75 Å². The molecule has 1 aliphatic heterocycles. The van der Waals surface area contributed by atoms with Crippen molar-refractivity contribution >= 4 is 5.91 Å². The summed E-state index contributed by atoms with van der Waals surface area (Å²) in [4.78, 5) is 14.6. The van der Waals surface area contributed by atoms with Crippen LogP contribution in [0.5, 0.6) is 5.75 Å². The van der Waals surface area contributed by atoms with Crippen molar-refractivity contribution in [1.82, 2.24) is 4.90 Å².